The number of hydrogen-bond donors (Lipinski definition) is 2. The molecule has 98 valence electrons. The number of anilines is 1. The third kappa shape index (κ3) is 2.64. The van der Waals surface area contributed by atoms with Gasteiger partial charge in [0.05, 0.1) is 5.56 Å². The molecule has 0 bridgehead atoms. The van der Waals surface area contributed by atoms with E-state index in [1.807, 2.05) is 24.8 Å². The number of carboxylic acids is 1. The number of benzene rings is 1. The minimum Gasteiger partial charge on any atom is -0.478 e. The Kier molecular flexibility index (Phi) is 3.85. The second-order valence-corrected chi connectivity index (χ2v) is 6.20. The normalized spacial score (nSPS) is 17.0. The molecule has 1 aromatic rings. The average molecular weight is 265 g/mol. The summed E-state index contributed by atoms with van der Waals surface area (Å²) < 4.78 is 0.387. The molecule has 1 saturated carbocycles. The van der Waals surface area contributed by atoms with E-state index in [1.54, 1.807) is 12.1 Å². The second kappa shape index (κ2) is 5.22. The lowest BCUT2D eigenvalue weighted by molar-refractivity contribution is 0.0697. The van der Waals surface area contributed by atoms with Crippen molar-refractivity contribution in [2.24, 2.45) is 0 Å². The molecule has 3 nitrogen and oxygen atoms in total. The molecule has 2 rings (SSSR count). The standard InChI is InChI=1S/C14H19NO2S/c1-10-8-11(13(16)17)4-5-12(10)15-9-14(18-2)6-3-7-14/h4-5,8,15H,3,6-7,9H2,1-2H3,(H,16,17). The lowest BCUT2D eigenvalue weighted by atomic mass is 9.84. The Morgan fingerprint density at radius 2 is 2.22 bits per heavy atom. The quantitative estimate of drug-likeness (QED) is 0.856. The van der Waals surface area contributed by atoms with Gasteiger partial charge in [0.1, 0.15) is 0 Å². The van der Waals surface area contributed by atoms with Gasteiger partial charge in [0.2, 0.25) is 0 Å². The number of carbonyl (C=O) groups is 1. The van der Waals surface area contributed by atoms with Gasteiger partial charge in [-0.3, -0.25) is 0 Å². The van der Waals surface area contributed by atoms with E-state index in [9.17, 15) is 4.79 Å². The molecule has 4 heteroatoms. The zero-order valence-electron chi connectivity index (χ0n) is 10.8. The molecule has 0 amide bonds. The van der Waals surface area contributed by atoms with E-state index in [0.717, 1.165) is 17.8 Å². The Morgan fingerprint density at radius 1 is 1.50 bits per heavy atom. The van der Waals surface area contributed by atoms with Crippen molar-refractivity contribution in [2.45, 2.75) is 30.9 Å². The van der Waals surface area contributed by atoms with Crippen molar-refractivity contribution in [3.8, 4) is 0 Å². The van der Waals surface area contributed by atoms with Crippen LogP contribution in [0.2, 0.25) is 0 Å². The van der Waals surface area contributed by atoms with Gasteiger partial charge in [0, 0.05) is 17.0 Å². The molecular formula is C14H19NO2S. The Labute approximate surface area is 112 Å². The molecule has 0 heterocycles. The molecule has 2 N–H and O–H groups in total. The minimum absolute atomic E-state index is 0.348. The maximum absolute atomic E-state index is 10.9. The van der Waals surface area contributed by atoms with Crippen LogP contribution in [0.25, 0.3) is 0 Å². The van der Waals surface area contributed by atoms with Crippen molar-refractivity contribution in [3.05, 3.63) is 29.3 Å². The van der Waals surface area contributed by atoms with Crippen LogP contribution < -0.4 is 5.32 Å². The Hall–Kier alpha value is -1.16. The van der Waals surface area contributed by atoms with Crippen LogP contribution in [0.4, 0.5) is 5.69 Å². The van der Waals surface area contributed by atoms with Crippen LogP contribution in [0.1, 0.15) is 35.2 Å². The summed E-state index contributed by atoms with van der Waals surface area (Å²) in [6.07, 6.45) is 6.03. The van der Waals surface area contributed by atoms with Crippen molar-refractivity contribution >= 4 is 23.4 Å². The highest BCUT2D eigenvalue weighted by atomic mass is 32.2. The molecule has 0 aliphatic heterocycles. The van der Waals surface area contributed by atoms with Crippen molar-refractivity contribution in [3.63, 3.8) is 0 Å². The van der Waals surface area contributed by atoms with Crippen LogP contribution in [-0.2, 0) is 0 Å². The van der Waals surface area contributed by atoms with Crippen LogP contribution in [0.3, 0.4) is 0 Å². The largest absolute Gasteiger partial charge is 0.478 e. The zero-order valence-corrected chi connectivity index (χ0v) is 11.6. The number of aryl methyl sites for hydroxylation is 1. The Balaban J connectivity index is 2.03. The van der Waals surface area contributed by atoms with Gasteiger partial charge in [-0.2, -0.15) is 11.8 Å². The SMILES string of the molecule is CSC1(CNc2ccc(C(=O)O)cc2C)CCC1. The van der Waals surface area contributed by atoms with Crippen LogP contribution in [0, 0.1) is 6.92 Å². The van der Waals surface area contributed by atoms with E-state index in [4.69, 9.17) is 5.11 Å². The van der Waals surface area contributed by atoms with E-state index < -0.39 is 5.97 Å². The Bertz CT molecular complexity index is 450. The first-order valence-electron chi connectivity index (χ1n) is 6.19. The summed E-state index contributed by atoms with van der Waals surface area (Å²) in [4.78, 5) is 10.9. The van der Waals surface area contributed by atoms with E-state index in [1.165, 1.54) is 19.3 Å². The third-order valence-electron chi connectivity index (χ3n) is 3.77. The van der Waals surface area contributed by atoms with Gasteiger partial charge in [-0.15, -0.1) is 0 Å². The van der Waals surface area contributed by atoms with Crippen molar-refractivity contribution < 1.29 is 9.90 Å². The smallest absolute Gasteiger partial charge is 0.335 e. The van der Waals surface area contributed by atoms with E-state index in [2.05, 4.69) is 11.6 Å². The summed E-state index contributed by atoms with van der Waals surface area (Å²) in [5.74, 6) is -0.871. The van der Waals surface area contributed by atoms with Crippen LogP contribution in [0.15, 0.2) is 18.2 Å². The molecule has 18 heavy (non-hydrogen) atoms. The highest BCUT2D eigenvalue weighted by molar-refractivity contribution is 8.00. The van der Waals surface area contributed by atoms with Crippen molar-refractivity contribution in [1.82, 2.24) is 0 Å². The summed E-state index contributed by atoms with van der Waals surface area (Å²) in [5, 5.41) is 12.4. The van der Waals surface area contributed by atoms with Gasteiger partial charge in [0.15, 0.2) is 0 Å². The number of carboxylic acid groups (broad SMARTS) is 1. The van der Waals surface area contributed by atoms with Gasteiger partial charge in [-0.25, -0.2) is 4.79 Å². The topological polar surface area (TPSA) is 49.3 Å². The van der Waals surface area contributed by atoms with Crippen molar-refractivity contribution in [1.29, 1.82) is 0 Å². The van der Waals surface area contributed by atoms with Gasteiger partial charge < -0.3 is 10.4 Å². The van der Waals surface area contributed by atoms with Crippen LogP contribution >= 0.6 is 11.8 Å². The summed E-state index contributed by atoms with van der Waals surface area (Å²) in [6.45, 7) is 2.91. The molecule has 1 aromatic carbocycles. The zero-order chi connectivity index (χ0) is 13.2. The van der Waals surface area contributed by atoms with E-state index in [-0.39, 0.29) is 0 Å². The lowest BCUT2D eigenvalue weighted by Crippen LogP contribution is -2.40. The molecule has 0 unspecified atom stereocenters. The Morgan fingerprint density at radius 3 is 2.67 bits per heavy atom. The number of aromatic carboxylic acids is 1. The number of thioether (sulfide) groups is 1. The van der Waals surface area contributed by atoms with E-state index >= 15 is 0 Å². The molecule has 1 fully saturated rings. The van der Waals surface area contributed by atoms with Crippen molar-refractivity contribution in [2.75, 3.05) is 18.1 Å². The number of hydrogen-bond acceptors (Lipinski definition) is 3. The number of nitrogens with one attached hydrogen (secondary N) is 1. The summed E-state index contributed by atoms with van der Waals surface area (Å²) in [7, 11) is 0. The fourth-order valence-corrected chi connectivity index (χ4v) is 3.19. The number of rotatable bonds is 5. The highest BCUT2D eigenvalue weighted by Crippen LogP contribution is 2.42. The minimum atomic E-state index is -0.871. The molecule has 0 radical (unpaired) electrons. The van der Waals surface area contributed by atoms with Gasteiger partial charge in [0.25, 0.3) is 0 Å². The van der Waals surface area contributed by atoms with Gasteiger partial charge in [-0.1, -0.05) is 6.42 Å². The molecule has 0 aromatic heterocycles. The first-order chi connectivity index (χ1) is 8.56. The van der Waals surface area contributed by atoms with Crippen LogP contribution in [-0.4, -0.2) is 28.6 Å². The predicted molar refractivity (Wildman–Crippen MR) is 76.7 cm³/mol. The van der Waals surface area contributed by atoms with Gasteiger partial charge >= 0.3 is 5.97 Å². The predicted octanol–water partition coefficient (Wildman–Crippen LogP) is 3.39. The maximum atomic E-state index is 10.9. The summed E-state index contributed by atoms with van der Waals surface area (Å²) in [5.41, 5.74) is 2.38. The lowest BCUT2D eigenvalue weighted by Gasteiger charge is -2.40. The average Bonchev–Trinajstić information content (AvgIpc) is 2.29. The van der Waals surface area contributed by atoms with Gasteiger partial charge in [-0.05, 0) is 49.8 Å². The first-order valence-corrected chi connectivity index (χ1v) is 7.42. The fourth-order valence-electron chi connectivity index (χ4n) is 2.28. The maximum Gasteiger partial charge on any atom is 0.335 e. The first kappa shape index (κ1) is 13.3. The fraction of sp³-hybridized carbons (Fsp3) is 0.500. The molecule has 1 aliphatic rings. The summed E-state index contributed by atoms with van der Waals surface area (Å²) in [6, 6.07) is 5.24. The van der Waals surface area contributed by atoms with E-state index in [0.29, 0.717) is 10.3 Å². The molecule has 0 spiro atoms. The van der Waals surface area contributed by atoms with Crippen LogP contribution in [0.5, 0.6) is 0 Å². The molecule has 0 saturated heterocycles. The summed E-state index contributed by atoms with van der Waals surface area (Å²) >= 11 is 1.94. The third-order valence-corrected chi connectivity index (χ3v) is 5.19. The monoisotopic (exact) mass is 265 g/mol. The molecule has 0 atom stereocenters. The highest BCUT2D eigenvalue weighted by Gasteiger charge is 2.35. The molecular weight excluding hydrogens is 246 g/mol. The molecule has 1 aliphatic carbocycles. The second-order valence-electron chi connectivity index (χ2n) is 4.93.